The van der Waals surface area contributed by atoms with Crippen LogP contribution in [0.5, 0.6) is 0 Å². The molecule has 0 bridgehead atoms. The summed E-state index contributed by atoms with van der Waals surface area (Å²) >= 11 is 1.76. The Labute approximate surface area is 151 Å². The molecule has 1 atom stereocenters. The highest BCUT2D eigenvalue weighted by molar-refractivity contribution is 7.07. The number of ether oxygens (including phenoxy) is 1. The van der Waals surface area contributed by atoms with E-state index in [0.29, 0.717) is 6.10 Å². The van der Waals surface area contributed by atoms with Crippen molar-refractivity contribution in [2.75, 3.05) is 13.2 Å². The fourth-order valence-electron chi connectivity index (χ4n) is 3.26. The van der Waals surface area contributed by atoms with Crippen LogP contribution in [0.3, 0.4) is 0 Å². The Morgan fingerprint density at radius 2 is 2.04 bits per heavy atom. The third kappa shape index (κ3) is 4.34. The van der Waals surface area contributed by atoms with Gasteiger partial charge in [0.25, 0.3) is 0 Å². The van der Waals surface area contributed by atoms with Crippen molar-refractivity contribution < 1.29 is 4.74 Å². The topological polar surface area (TPSA) is 43.2 Å². The second-order valence-electron chi connectivity index (χ2n) is 6.44. The molecule has 3 aromatic rings. The van der Waals surface area contributed by atoms with E-state index in [1.165, 1.54) is 24.0 Å². The van der Waals surface area contributed by atoms with Crippen molar-refractivity contribution in [2.45, 2.75) is 32.0 Å². The van der Waals surface area contributed by atoms with E-state index >= 15 is 0 Å². The van der Waals surface area contributed by atoms with Gasteiger partial charge in [0.15, 0.2) is 0 Å². The van der Waals surface area contributed by atoms with E-state index in [2.05, 4.69) is 56.1 Å². The van der Waals surface area contributed by atoms with Crippen LogP contribution in [0.15, 0.2) is 53.7 Å². The van der Waals surface area contributed by atoms with Gasteiger partial charge in [0.05, 0.1) is 11.8 Å². The van der Waals surface area contributed by atoms with E-state index < -0.39 is 0 Å². The van der Waals surface area contributed by atoms with Gasteiger partial charge in [-0.3, -0.25) is 4.90 Å². The minimum Gasteiger partial charge on any atom is -0.377 e. The molecule has 1 fully saturated rings. The molecular weight excluding hydrogens is 332 g/mol. The predicted molar refractivity (Wildman–Crippen MR) is 98.8 cm³/mol. The molecule has 0 radical (unpaired) electrons. The number of hydrogen-bond acceptors (Lipinski definition) is 5. The van der Waals surface area contributed by atoms with Gasteiger partial charge in [-0.2, -0.15) is 16.4 Å². The van der Waals surface area contributed by atoms with Crippen molar-refractivity contribution >= 4 is 11.3 Å². The van der Waals surface area contributed by atoms with Crippen LogP contribution in [-0.4, -0.2) is 38.9 Å². The average Bonchev–Trinajstić information content (AvgIpc) is 3.39. The molecule has 3 heterocycles. The Kier molecular flexibility index (Phi) is 5.20. The molecule has 130 valence electrons. The van der Waals surface area contributed by atoms with Crippen LogP contribution in [0.2, 0.25) is 0 Å². The fourth-order valence-corrected chi connectivity index (χ4v) is 3.92. The highest BCUT2D eigenvalue weighted by Gasteiger charge is 2.19. The lowest BCUT2D eigenvalue weighted by molar-refractivity contribution is 0.0679. The standard InChI is InChI=1S/C19H22N4OS/c1-2-19(24-8-1)12-22(11-17-7-9-25-13-17)10-16-3-5-18(6-4-16)23-15-20-14-21-23/h3-7,9,13-15,19H,1-2,8,10-12H2/t19-/m0/s1. The molecule has 4 rings (SSSR count). The molecule has 1 saturated heterocycles. The lowest BCUT2D eigenvalue weighted by Crippen LogP contribution is -2.31. The molecule has 0 N–H and O–H groups in total. The van der Waals surface area contributed by atoms with Crippen LogP contribution in [-0.2, 0) is 17.8 Å². The third-order valence-corrected chi connectivity index (χ3v) is 5.23. The first-order chi connectivity index (χ1) is 12.4. The smallest absolute Gasteiger partial charge is 0.138 e. The zero-order valence-electron chi connectivity index (χ0n) is 14.1. The lowest BCUT2D eigenvalue weighted by atomic mass is 10.1. The highest BCUT2D eigenvalue weighted by Crippen LogP contribution is 2.19. The number of nitrogens with zero attached hydrogens (tertiary/aromatic N) is 4. The average molecular weight is 354 g/mol. The second kappa shape index (κ2) is 7.91. The Morgan fingerprint density at radius 3 is 2.72 bits per heavy atom. The van der Waals surface area contributed by atoms with E-state index in [9.17, 15) is 0 Å². The van der Waals surface area contributed by atoms with Crippen LogP contribution in [0, 0.1) is 0 Å². The van der Waals surface area contributed by atoms with E-state index in [-0.39, 0.29) is 0 Å². The van der Waals surface area contributed by atoms with Crippen molar-refractivity contribution in [1.82, 2.24) is 19.7 Å². The van der Waals surface area contributed by atoms with Gasteiger partial charge in [-0.25, -0.2) is 9.67 Å². The normalized spacial score (nSPS) is 17.4. The summed E-state index contributed by atoms with van der Waals surface area (Å²) in [7, 11) is 0. The van der Waals surface area contributed by atoms with Crippen LogP contribution in [0.1, 0.15) is 24.0 Å². The molecule has 0 saturated carbocycles. The van der Waals surface area contributed by atoms with Crippen LogP contribution in [0.4, 0.5) is 0 Å². The predicted octanol–water partition coefficient (Wildman–Crippen LogP) is 3.51. The summed E-state index contributed by atoms with van der Waals surface area (Å²) in [6.07, 6.45) is 6.00. The molecule has 0 spiro atoms. The molecule has 0 unspecified atom stereocenters. The van der Waals surface area contributed by atoms with E-state index in [0.717, 1.165) is 31.9 Å². The number of aromatic nitrogens is 3. The minimum absolute atomic E-state index is 0.369. The zero-order chi connectivity index (χ0) is 16.9. The van der Waals surface area contributed by atoms with Gasteiger partial charge in [0.2, 0.25) is 0 Å². The largest absolute Gasteiger partial charge is 0.377 e. The molecule has 0 aliphatic carbocycles. The van der Waals surface area contributed by atoms with E-state index in [1.54, 1.807) is 28.7 Å². The monoisotopic (exact) mass is 354 g/mol. The maximum Gasteiger partial charge on any atom is 0.138 e. The van der Waals surface area contributed by atoms with E-state index in [1.807, 2.05) is 0 Å². The number of thiophene rings is 1. The van der Waals surface area contributed by atoms with Crippen molar-refractivity contribution in [2.24, 2.45) is 0 Å². The van der Waals surface area contributed by atoms with Crippen LogP contribution < -0.4 is 0 Å². The molecule has 2 aromatic heterocycles. The van der Waals surface area contributed by atoms with Gasteiger partial charge in [0.1, 0.15) is 12.7 Å². The van der Waals surface area contributed by atoms with Crippen molar-refractivity contribution in [3.8, 4) is 5.69 Å². The molecule has 1 aromatic carbocycles. The first-order valence-corrected chi connectivity index (χ1v) is 9.60. The maximum absolute atomic E-state index is 5.85. The summed E-state index contributed by atoms with van der Waals surface area (Å²) in [6.45, 7) is 3.78. The molecule has 1 aliphatic rings. The summed E-state index contributed by atoms with van der Waals surface area (Å²) in [5, 5.41) is 8.55. The van der Waals surface area contributed by atoms with Crippen molar-refractivity contribution in [3.63, 3.8) is 0 Å². The summed E-state index contributed by atoms with van der Waals surface area (Å²) in [5.74, 6) is 0. The SMILES string of the molecule is c1ncn(-c2ccc(CN(Cc3ccsc3)C[C@@H]3CCCO3)cc2)n1. The van der Waals surface area contributed by atoms with Crippen molar-refractivity contribution in [3.05, 3.63) is 64.9 Å². The summed E-state index contributed by atoms with van der Waals surface area (Å²) < 4.78 is 7.63. The molecule has 25 heavy (non-hydrogen) atoms. The second-order valence-corrected chi connectivity index (χ2v) is 7.22. The Morgan fingerprint density at radius 1 is 1.16 bits per heavy atom. The Bertz CT molecular complexity index is 749. The van der Waals surface area contributed by atoms with Gasteiger partial charge >= 0.3 is 0 Å². The minimum atomic E-state index is 0.369. The Balaban J connectivity index is 1.45. The zero-order valence-corrected chi connectivity index (χ0v) is 14.9. The molecule has 6 heteroatoms. The van der Waals surface area contributed by atoms with Gasteiger partial charge in [-0.05, 0) is 52.9 Å². The first-order valence-electron chi connectivity index (χ1n) is 8.66. The maximum atomic E-state index is 5.85. The van der Waals surface area contributed by atoms with Gasteiger partial charge in [0, 0.05) is 26.2 Å². The number of hydrogen-bond donors (Lipinski definition) is 0. The van der Waals surface area contributed by atoms with Crippen LogP contribution in [0.25, 0.3) is 5.69 Å². The van der Waals surface area contributed by atoms with Crippen LogP contribution >= 0.6 is 11.3 Å². The molecule has 5 nitrogen and oxygen atoms in total. The molecular formula is C19H22N4OS. The van der Waals surface area contributed by atoms with Gasteiger partial charge in [-0.15, -0.1) is 0 Å². The van der Waals surface area contributed by atoms with Gasteiger partial charge < -0.3 is 4.74 Å². The fraction of sp³-hybridized carbons (Fsp3) is 0.368. The number of rotatable bonds is 7. The Hall–Kier alpha value is -2.02. The van der Waals surface area contributed by atoms with Crippen molar-refractivity contribution in [1.29, 1.82) is 0 Å². The summed E-state index contributed by atoms with van der Waals surface area (Å²) in [6, 6.07) is 10.7. The lowest BCUT2D eigenvalue weighted by Gasteiger charge is -2.25. The highest BCUT2D eigenvalue weighted by atomic mass is 32.1. The molecule has 1 aliphatic heterocycles. The first kappa shape index (κ1) is 16.4. The quantitative estimate of drug-likeness (QED) is 0.651. The summed E-state index contributed by atoms with van der Waals surface area (Å²) in [5.41, 5.74) is 3.71. The number of benzene rings is 1. The molecule has 0 amide bonds. The summed E-state index contributed by atoms with van der Waals surface area (Å²) in [4.78, 5) is 6.49. The third-order valence-electron chi connectivity index (χ3n) is 4.50. The van der Waals surface area contributed by atoms with Gasteiger partial charge in [-0.1, -0.05) is 12.1 Å². The van der Waals surface area contributed by atoms with E-state index in [4.69, 9.17) is 4.74 Å².